The third-order valence-corrected chi connectivity index (χ3v) is 3.56. The number of benzene rings is 1. The Morgan fingerprint density at radius 3 is 2.76 bits per heavy atom. The fourth-order valence-electron chi connectivity index (χ4n) is 1.64. The molecule has 0 aliphatic rings. The Morgan fingerprint density at radius 2 is 2.06 bits per heavy atom. The van der Waals surface area contributed by atoms with Crippen LogP contribution in [-0.2, 0) is 6.54 Å². The topological polar surface area (TPSA) is 59.3 Å². The van der Waals surface area contributed by atoms with E-state index in [2.05, 4.69) is 0 Å². The van der Waals surface area contributed by atoms with E-state index in [0.717, 1.165) is 11.3 Å². The Kier molecular flexibility index (Phi) is 3.40. The van der Waals surface area contributed by atoms with Gasteiger partial charge in [-0.2, -0.15) is 0 Å². The number of fused-ring (bicyclic) bond motifs is 1. The Morgan fingerprint density at radius 1 is 1.35 bits per heavy atom. The summed E-state index contributed by atoms with van der Waals surface area (Å²) in [6.45, 7) is 2.02. The molecule has 17 heavy (non-hydrogen) atoms. The van der Waals surface area contributed by atoms with Crippen molar-refractivity contribution in [1.29, 1.82) is 0 Å². The van der Waals surface area contributed by atoms with Crippen LogP contribution in [0.4, 0.5) is 0 Å². The van der Waals surface area contributed by atoms with E-state index >= 15 is 0 Å². The highest BCUT2D eigenvalue weighted by molar-refractivity contribution is 7.16. The molecular formula is C12H13NO3S. The van der Waals surface area contributed by atoms with Crippen molar-refractivity contribution in [2.24, 2.45) is 5.92 Å². The SMILES string of the molecule is CC(CO)Cn1c(=O)sc2ccccc2c1=O. The molecule has 0 saturated heterocycles. The van der Waals surface area contributed by atoms with Crippen LogP contribution < -0.4 is 10.4 Å². The fraction of sp³-hybridized carbons (Fsp3) is 0.333. The van der Waals surface area contributed by atoms with Gasteiger partial charge >= 0.3 is 4.87 Å². The van der Waals surface area contributed by atoms with Gasteiger partial charge in [0.1, 0.15) is 0 Å². The summed E-state index contributed by atoms with van der Waals surface area (Å²) in [4.78, 5) is 23.6. The van der Waals surface area contributed by atoms with E-state index in [1.54, 1.807) is 31.2 Å². The first-order valence-electron chi connectivity index (χ1n) is 5.37. The summed E-state index contributed by atoms with van der Waals surface area (Å²) >= 11 is 1.06. The van der Waals surface area contributed by atoms with Gasteiger partial charge in [-0.1, -0.05) is 30.4 Å². The smallest absolute Gasteiger partial charge is 0.310 e. The van der Waals surface area contributed by atoms with E-state index in [1.165, 1.54) is 4.57 Å². The molecule has 1 aromatic carbocycles. The van der Waals surface area contributed by atoms with Crippen LogP contribution >= 0.6 is 11.3 Å². The van der Waals surface area contributed by atoms with E-state index < -0.39 is 0 Å². The number of hydrogen-bond donors (Lipinski definition) is 1. The summed E-state index contributed by atoms with van der Waals surface area (Å²) in [6, 6.07) is 7.06. The summed E-state index contributed by atoms with van der Waals surface area (Å²) in [7, 11) is 0. The minimum Gasteiger partial charge on any atom is -0.396 e. The lowest BCUT2D eigenvalue weighted by molar-refractivity contribution is 0.221. The normalized spacial score (nSPS) is 12.8. The molecule has 0 bridgehead atoms. The van der Waals surface area contributed by atoms with Crippen molar-refractivity contribution in [2.45, 2.75) is 13.5 Å². The van der Waals surface area contributed by atoms with Gasteiger partial charge in [-0.15, -0.1) is 0 Å². The first-order chi connectivity index (χ1) is 8.13. The van der Waals surface area contributed by atoms with Gasteiger partial charge in [-0.05, 0) is 18.1 Å². The van der Waals surface area contributed by atoms with Gasteiger partial charge in [0, 0.05) is 17.9 Å². The van der Waals surface area contributed by atoms with Crippen molar-refractivity contribution in [3.8, 4) is 0 Å². The van der Waals surface area contributed by atoms with E-state index in [4.69, 9.17) is 5.11 Å². The average Bonchev–Trinajstić information content (AvgIpc) is 2.34. The zero-order chi connectivity index (χ0) is 12.4. The molecule has 0 radical (unpaired) electrons. The monoisotopic (exact) mass is 251 g/mol. The lowest BCUT2D eigenvalue weighted by Crippen LogP contribution is -2.33. The lowest BCUT2D eigenvalue weighted by atomic mass is 10.2. The Bertz CT molecular complexity index is 644. The second kappa shape index (κ2) is 4.81. The molecule has 2 aromatic rings. The fourth-order valence-corrected chi connectivity index (χ4v) is 2.50. The van der Waals surface area contributed by atoms with Crippen molar-refractivity contribution in [3.05, 3.63) is 44.3 Å². The van der Waals surface area contributed by atoms with Gasteiger partial charge in [0.25, 0.3) is 5.56 Å². The molecule has 4 nitrogen and oxygen atoms in total. The third-order valence-electron chi connectivity index (χ3n) is 2.59. The number of aromatic nitrogens is 1. The van der Waals surface area contributed by atoms with Crippen LogP contribution in [0.5, 0.6) is 0 Å². The molecular weight excluding hydrogens is 238 g/mol. The first-order valence-corrected chi connectivity index (χ1v) is 6.18. The molecule has 0 saturated carbocycles. The maximum Gasteiger partial charge on any atom is 0.310 e. The number of nitrogens with zero attached hydrogens (tertiary/aromatic N) is 1. The largest absolute Gasteiger partial charge is 0.396 e. The Hall–Kier alpha value is -1.46. The third kappa shape index (κ3) is 2.30. The first kappa shape index (κ1) is 12.0. The highest BCUT2D eigenvalue weighted by Crippen LogP contribution is 2.11. The highest BCUT2D eigenvalue weighted by Gasteiger charge is 2.10. The van der Waals surface area contributed by atoms with Crippen LogP contribution in [0.15, 0.2) is 33.9 Å². The lowest BCUT2D eigenvalue weighted by Gasteiger charge is -2.09. The summed E-state index contributed by atoms with van der Waals surface area (Å²) in [5.74, 6) is -0.103. The summed E-state index contributed by atoms with van der Waals surface area (Å²) in [5.41, 5.74) is -0.273. The van der Waals surface area contributed by atoms with Gasteiger partial charge in [-0.3, -0.25) is 14.2 Å². The van der Waals surface area contributed by atoms with Crippen molar-refractivity contribution in [1.82, 2.24) is 4.57 Å². The van der Waals surface area contributed by atoms with E-state index in [9.17, 15) is 9.59 Å². The molecule has 2 rings (SSSR count). The van der Waals surface area contributed by atoms with Crippen LogP contribution in [0.25, 0.3) is 10.1 Å². The zero-order valence-electron chi connectivity index (χ0n) is 9.42. The molecule has 1 atom stereocenters. The van der Waals surface area contributed by atoms with Crippen LogP contribution in [0.2, 0.25) is 0 Å². The predicted octanol–water partition coefficient (Wildman–Crippen LogP) is 1.05. The maximum atomic E-state index is 12.1. The number of rotatable bonds is 3. The van der Waals surface area contributed by atoms with Gasteiger partial charge in [-0.25, -0.2) is 0 Å². The molecule has 0 spiro atoms. The number of aliphatic hydroxyl groups excluding tert-OH is 1. The Labute approximate surface area is 102 Å². The van der Waals surface area contributed by atoms with E-state index in [0.29, 0.717) is 10.1 Å². The molecule has 0 fully saturated rings. The number of hydrogen-bond acceptors (Lipinski definition) is 4. The summed E-state index contributed by atoms with van der Waals surface area (Å²) in [6.07, 6.45) is 0. The molecule has 0 amide bonds. The second-order valence-corrected chi connectivity index (χ2v) is 5.06. The summed E-state index contributed by atoms with van der Waals surface area (Å²) < 4.78 is 1.91. The molecule has 1 unspecified atom stereocenters. The molecule has 0 aliphatic heterocycles. The van der Waals surface area contributed by atoms with Crippen LogP contribution in [0, 0.1) is 5.92 Å². The minimum absolute atomic E-state index is 0.0383. The molecule has 0 aliphatic carbocycles. The maximum absolute atomic E-state index is 12.1. The second-order valence-electron chi connectivity index (χ2n) is 4.07. The van der Waals surface area contributed by atoms with Gasteiger partial charge in [0.05, 0.1) is 5.39 Å². The standard InChI is InChI=1S/C12H13NO3S/c1-8(7-14)6-13-11(15)9-4-2-3-5-10(9)17-12(13)16/h2-5,8,14H,6-7H2,1H3. The molecule has 1 aromatic heterocycles. The van der Waals surface area contributed by atoms with Gasteiger partial charge < -0.3 is 5.11 Å². The van der Waals surface area contributed by atoms with Gasteiger partial charge in [0.2, 0.25) is 0 Å². The highest BCUT2D eigenvalue weighted by atomic mass is 32.1. The van der Waals surface area contributed by atoms with Crippen LogP contribution in [-0.4, -0.2) is 16.3 Å². The van der Waals surface area contributed by atoms with Crippen LogP contribution in [0.3, 0.4) is 0 Å². The van der Waals surface area contributed by atoms with Crippen molar-refractivity contribution in [2.75, 3.05) is 6.61 Å². The van der Waals surface area contributed by atoms with Crippen LogP contribution in [0.1, 0.15) is 6.92 Å². The summed E-state index contributed by atoms with van der Waals surface area (Å²) in [5, 5.41) is 9.53. The quantitative estimate of drug-likeness (QED) is 0.887. The van der Waals surface area contributed by atoms with E-state index in [-0.39, 0.29) is 29.5 Å². The van der Waals surface area contributed by atoms with Crippen molar-refractivity contribution >= 4 is 21.4 Å². The van der Waals surface area contributed by atoms with Crippen molar-refractivity contribution < 1.29 is 5.11 Å². The molecule has 1 heterocycles. The van der Waals surface area contributed by atoms with E-state index in [1.807, 2.05) is 0 Å². The predicted molar refractivity (Wildman–Crippen MR) is 68.6 cm³/mol. The Balaban J connectivity index is 2.64. The average molecular weight is 251 g/mol. The molecule has 5 heteroatoms. The van der Waals surface area contributed by atoms with Crippen molar-refractivity contribution in [3.63, 3.8) is 0 Å². The number of aliphatic hydroxyl groups is 1. The zero-order valence-corrected chi connectivity index (χ0v) is 10.2. The van der Waals surface area contributed by atoms with Gasteiger partial charge in [0.15, 0.2) is 0 Å². The molecule has 90 valence electrons. The minimum atomic E-state index is -0.273. The molecule has 1 N–H and O–H groups in total.